The molecule has 0 spiro atoms. The van der Waals surface area contributed by atoms with E-state index in [4.69, 9.17) is 36.2 Å². The highest BCUT2D eigenvalue weighted by Gasteiger charge is 2.53. The smallest absolute Gasteiger partial charge is 0.365 e. The average molecular weight is 964 g/mol. The Morgan fingerprint density at radius 3 is 0.787 bits per heavy atom. The molecule has 29 heteroatoms. The Balaban J connectivity index is 6.45. The second kappa shape index (κ2) is 30.1. The number of nitrogens with zero attached hydrogens (tertiary/aromatic N) is 3. The summed E-state index contributed by atoms with van der Waals surface area (Å²) in [4.78, 5) is 65.9. The molecule has 0 bridgehead atoms. The van der Waals surface area contributed by atoms with E-state index in [1.54, 1.807) is 0 Å². The van der Waals surface area contributed by atoms with E-state index in [2.05, 4.69) is 10.6 Å². The molecule has 0 aliphatic rings. The first-order valence-electron chi connectivity index (χ1n) is 19.6. The van der Waals surface area contributed by atoms with Crippen LogP contribution in [0.4, 0.5) is 0 Å². The van der Waals surface area contributed by atoms with Crippen molar-refractivity contribution in [2.45, 2.75) is 66.4 Å². The molecule has 358 valence electrons. The topological polar surface area (TPSA) is 322 Å². The van der Waals surface area contributed by atoms with Gasteiger partial charge in [-0.05, 0) is 55.4 Å². The third kappa shape index (κ3) is 21.4. The third-order valence-electron chi connectivity index (χ3n) is 7.53. The van der Waals surface area contributed by atoms with Crippen molar-refractivity contribution in [3.63, 3.8) is 0 Å². The van der Waals surface area contributed by atoms with Gasteiger partial charge in [-0.15, -0.1) is 0 Å². The maximum absolute atomic E-state index is 13.9. The normalized spacial score (nSPS) is 12.8. The largest absolute Gasteiger partial charge is 0.480 e. The molecule has 0 radical (unpaired) electrons. The van der Waals surface area contributed by atoms with Crippen molar-refractivity contribution in [2.24, 2.45) is 0 Å². The zero-order valence-electron chi connectivity index (χ0n) is 36.1. The van der Waals surface area contributed by atoms with Crippen molar-refractivity contribution in [1.82, 2.24) is 25.3 Å². The van der Waals surface area contributed by atoms with Gasteiger partial charge in [0.05, 0.1) is 85.6 Å². The molecule has 0 atom stereocenters. The van der Waals surface area contributed by atoms with Crippen LogP contribution in [0.15, 0.2) is 0 Å². The summed E-state index contributed by atoms with van der Waals surface area (Å²) in [6.07, 6.45) is 0. The SMILES string of the molecule is CCOP(=O)(OCC)C(NC(=O)CN(CCN(CCN(CC(=O)O)CC(=O)NC(P(=O)(OCC)OCC)P(=O)(OCC)OCC)CC(=O)O)CC(=O)O)P(=O)(OCC)OCC. The van der Waals surface area contributed by atoms with E-state index < -0.39 is 104 Å². The lowest BCUT2D eigenvalue weighted by atomic mass is 10.3. The lowest BCUT2D eigenvalue weighted by Crippen LogP contribution is -2.48. The van der Waals surface area contributed by atoms with E-state index in [9.17, 15) is 57.6 Å². The van der Waals surface area contributed by atoms with Gasteiger partial charge >= 0.3 is 48.3 Å². The van der Waals surface area contributed by atoms with Gasteiger partial charge in [0.15, 0.2) is 0 Å². The Hall–Kier alpha value is -2.17. The highest BCUT2D eigenvalue weighted by atomic mass is 31.2. The summed E-state index contributed by atoms with van der Waals surface area (Å²) in [7, 11) is -17.8. The molecule has 2 amide bonds. The van der Waals surface area contributed by atoms with Gasteiger partial charge in [-0.1, -0.05) is 0 Å². The number of rotatable bonds is 38. The van der Waals surface area contributed by atoms with E-state index in [0.29, 0.717) is 0 Å². The van der Waals surface area contributed by atoms with Crippen LogP contribution in [-0.2, 0) is 78.4 Å². The summed E-state index contributed by atoms with van der Waals surface area (Å²) in [5.74, 6) is -6.09. The molecule has 25 nitrogen and oxygen atoms in total. The van der Waals surface area contributed by atoms with Crippen molar-refractivity contribution < 1.29 is 93.7 Å². The fourth-order valence-corrected chi connectivity index (χ4v) is 15.3. The van der Waals surface area contributed by atoms with E-state index in [1.165, 1.54) is 60.3 Å². The number of hydrogen-bond donors (Lipinski definition) is 5. The van der Waals surface area contributed by atoms with Crippen LogP contribution >= 0.6 is 30.4 Å². The summed E-state index contributed by atoms with van der Waals surface area (Å²) in [5.41, 5.74) is -3.91. The number of nitrogens with one attached hydrogen (secondary N) is 2. The van der Waals surface area contributed by atoms with Crippen LogP contribution in [0, 0.1) is 0 Å². The first-order chi connectivity index (χ1) is 28.6. The van der Waals surface area contributed by atoms with Gasteiger partial charge in [-0.2, -0.15) is 0 Å². The Kier molecular flexibility index (Phi) is 29.0. The van der Waals surface area contributed by atoms with Crippen molar-refractivity contribution in [2.75, 3.05) is 112 Å². The Labute approximate surface area is 356 Å². The molecule has 0 aliphatic heterocycles. The fourth-order valence-electron chi connectivity index (χ4n) is 5.44. The van der Waals surface area contributed by atoms with Crippen molar-refractivity contribution in [3.05, 3.63) is 0 Å². The molecular formula is C32H65N5O20P4. The second-order valence-electron chi connectivity index (χ2n) is 12.3. The van der Waals surface area contributed by atoms with Crippen molar-refractivity contribution in [1.29, 1.82) is 0 Å². The monoisotopic (exact) mass is 963 g/mol. The molecule has 0 aromatic heterocycles. The number of carbonyl (C=O) groups excluding carboxylic acids is 2. The summed E-state index contributed by atoms with van der Waals surface area (Å²) in [5, 5.41) is 33.6. The van der Waals surface area contributed by atoms with Gasteiger partial charge in [0, 0.05) is 26.2 Å². The molecule has 0 saturated carbocycles. The predicted octanol–water partition coefficient (Wildman–Crippen LogP) is 3.01. The summed E-state index contributed by atoms with van der Waals surface area (Å²) in [6.45, 7) is 5.78. The van der Waals surface area contributed by atoms with Crippen molar-refractivity contribution >= 4 is 60.1 Å². The summed E-state index contributed by atoms with van der Waals surface area (Å²) in [6, 6.07) is 0. The zero-order valence-corrected chi connectivity index (χ0v) is 39.7. The Morgan fingerprint density at radius 1 is 0.393 bits per heavy atom. The van der Waals surface area contributed by atoms with E-state index in [0.717, 1.165) is 9.80 Å². The molecule has 0 aromatic carbocycles. The molecule has 0 aromatic rings. The van der Waals surface area contributed by atoms with Crippen LogP contribution in [0.5, 0.6) is 0 Å². The number of aliphatic carboxylic acids is 3. The maximum atomic E-state index is 13.9. The van der Waals surface area contributed by atoms with Gasteiger partial charge in [0.1, 0.15) is 0 Å². The van der Waals surface area contributed by atoms with Gasteiger partial charge in [0.2, 0.25) is 22.9 Å². The standard InChI is InChI=1S/C32H65N5O20P4/c1-9-50-58(46,51-10-2)31(59(47,52-11-3)53-12-4)33-26(38)21-36(24-29(42)43)19-17-35(23-28(40)41)18-20-37(25-30(44)45)22-27(39)34-32(60(48,54-13-5)55-14-6)61(49,56-15-7)57-16-8/h31-32H,9-25H2,1-8H3,(H,33,38)(H,34,39)(H,40,41)(H,42,43)(H,44,45). The maximum Gasteiger partial charge on any atom is 0.365 e. The minimum atomic E-state index is -4.44. The van der Waals surface area contributed by atoms with Gasteiger partial charge < -0.3 is 62.1 Å². The molecule has 5 N–H and O–H groups in total. The summed E-state index contributed by atoms with van der Waals surface area (Å²) >= 11 is 0. The molecule has 61 heavy (non-hydrogen) atoms. The van der Waals surface area contributed by atoms with Crippen LogP contribution in [0.25, 0.3) is 0 Å². The van der Waals surface area contributed by atoms with E-state index in [-0.39, 0.29) is 79.0 Å². The van der Waals surface area contributed by atoms with Crippen molar-refractivity contribution in [3.8, 4) is 0 Å². The van der Waals surface area contributed by atoms with Gasteiger partial charge in [-0.3, -0.25) is 56.9 Å². The number of carbonyl (C=O) groups is 5. The Bertz CT molecular complexity index is 1370. The molecule has 0 aliphatic carbocycles. The Morgan fingerprint density at radius 2 is 0.590 bits per heavy atom. The molecule has 0 heterocycles. The lowest BCUT2D eigenvalue weighted by molar-refractivity contribution is -0.141. The summed E-state index contributed by atoms with van der Waals surface area (Å²) < 4.78 is 98.2. The predicted molar refractivity (Wildman–Crippen MR) is 220 cm³/mol. The zero-order chi connectivity index (χ0) is 46.9. The first kappa shape index (κ1) is 58.8. The lowest BCUT2D eigenvalue weighted by Gasteiger charge is -2.32. The number of hydrogen-bond acceptors (Lipinski definition) is 20. The minimum absolute atomic E-state index is 0.185. The average Bonchev–Trinajstić information content (AvgIpc) is 3.13. The number of carboxylic acid groups (broad SMARTS) is 3. The molecule has 0 saturated heterocycles. The quantitative estimate of drug-likeness (QED) is 0.0555. The third-order valence-corrected chi connectivity index (χ3v) is 18.8. The van der Waals surface area contributed by atoms with Gasteiger partial charge in [-0.25, -0.2) is 0 Å². The van der Waals surface area contributed by atoms with E-state index in [1.807, 2.05) is 0 Å². The van der Waals surface area contributed by atoms with Crippen LogP contribution < -0.4 is 10.6 Å². The minimum Gasteiger partial charge on any atom is -0.480 e. The van der Waals surface area contributed by atoms with E-state index >= 15 is 0 Å². The van der Waals surface area contributed by atoms with Crippen LogP contribution in [0.3, 0.4) is 0 Å². The molecular weight excluding hydrogens is 898 g/mol. The second-order valence-corrected chi connectivity index (χ2v) is 21.5. The number of carboxylic acids is 3. The molecule has 0 fully saturated rings. The number of amides is 2. The highest BCUT2D eigenvalue weighted by Crippen LogP contribution is 2.70. The molecule has 0 rings (SSSR count). The van der Waals surface area contributed by atoms with Crippen LogP contribution in [-0.4, -0.2) is 183 Å². The fraction of sp³-hybridized carbons (Fsp3) is 0.844. The van der Waals surface area contributed by atoms with Crippen LogP contribution in [0.2, 0.25) is 0 Å². The van der Waals surface area contributed by atoms with Gasteiger partial charge in [0.25, 0.3) is 0 Å². The first-order valence-corrected chi connectivity index (χ1v) is 26.0. The molecule has 0 unspecified atom stereocenters. The van der Waals surface area contributed by atoms with Crippen LogP contribution in [0.1, 0.15) is 55.4 Å². The highest BCUT2D eigenvalue weighted by molar-refractivity contribution is 7.73.